The molecule has 11 nitrogen and oxygen atoms in total. The van der Waals surface area contributed by atoms with Gasteiger partial charge >= 0.3 is 11.9 Å². The summed E-state index contributed by atoms with van der Waals surface area (Å²) in [6, 6.07) is 27.2. The molecule has 4 aromatic rings. The van der Waals surface area contributed by atoms with E-state index in [4.69, 9.17) is 18.9 Å². The molecule has 0 spiro atoms. The van der Waals surface area contributed by atoms with Gasteiger partial charge in [0.25, 0.3) is 5.91 Å². The van der Waals surface area contributed by atoms with E-state index in [2.05, 4.69) is 11.9 Å². The lowest BCUT2D eigenvalue weighted by Crippen LogP contribution is -2.58. The van der Waals surface area contributed by atoms with Gasteiger partial charge < -0.3 is 39.6 Å². The molecule has 0 radical (unpaired) electrons. The van der Waals surface area contributed by atoms with Crippen LogP contribution in [0.1, 0.15) is 82.8 Å². The van der Waals surface area contributed by atoms with Gasteiger partial charge in [-0.15, -0.1) is 0 Å². The highest BCUT2D eigenvalue weighted by atomic mass is 16.7. The van der Waals surface area contributed by atoms with E-state index in [1.54, 1.807) is 124 Å². The van der Waals surface area contributed by atoms with E-state index in [9.17, 15) is 29.7 Å². The minimum Gasteiger partial charge on any atom is -0.456 e. The Hall–Kier alpha value is -5.75. The largest absolute Gasteiger partial charge is 0.456 e. The van der Waals surface area contributed by atoms with Crippen LogP contribution in [0.25, 0.3) is 0 Å². The van der Waals surface area contributed by atoms with Crippen molar-refractivity contribution in [2.75, 3.05) is 6.79 Å². The summed E-state index contributed by atoms with van der Waals surface area (Å²) in [6.45, 7) is 9.32. The van der Waals surface area contributed by atoms with Gasteiger partial charge in [-0.3, -0.25) is 4.79 Å². The number of fused-ring (bicyclic) bond motifs is 5. The van der Waals surface area contributed by atoms with E-state index in [1.165, 1.54) is 0 Å². The van der Waals surface area contributed by atoms with E-state index in [0.717, 1.165) is 0 Å². The second kappa shape index (κ2) is 14.2. The van der Waals surface area contributed by atoms with Gasteiger partial charge in [-0.05, 0) is 65.1 Å². The second-order valence-corrected chi connectivity index (χ2v) is 14.3. The fourth-order valence-corrected chi connectivity index (χ4v) is 7.93. The van der Waals surface area contributed by atoms with Crippen molar-refractivity contribution in [2.45, 2.75) is 63.3 Å². The Kier molecular flexibility index (Phi) is 9.65. The van der Waals surface area contributed by atoms with Crippen LogP contribution in [0.15, 0.2) is 126 Å². The minimum absolute atomic E-state index is 0.143. The average molecular weight is 732 g/mol. The van der Waals surface area contributed by atoms with Crippen LogP contribution in [0.5, 0.6) is 11.5 Å². The van der Waals surface area contributed by atoms with Crippen LogP contribution < -0.4 is 14.8 Å². The number of benzene rings is 4. The fraction of sp³-hybridized carbons (Fsp3) is 0.279. The summed E-state index contributed by atoms with van der Waals surface area (Å²) in [5.41, 5.74) is -0.755. The second-order valence-electron chi connectivity index (χ2n) is 14.3. The normalized spacial score (nSPS) is 23.6. The molecule has 11 heteroatoms. The van der Waals surface area contributed by atoms with Crippen molar-refractivity contribution in [3.05, 3.63) is 154 Å². The van der Waals surface area contributed by atoms with Crippen molar-refractivity contribution < 1.29 is 48.7 Å². The first-order valence-corrected chi connectivity index (χ1v) is 17.6. The third-order valence-electron chi connectivity index (χ3n) is 10.9. The highest BCUT2D eigenvalue weighted by Gasteiger charge is 2.62. The van der Waals surface area contributed by atoms with Gasteiger partial charge in [0, 0.05) is 23.0 Å². The monoisotopic (exact) mass is 731 g/mol. The molecule has 1 heterocycles. The summed E-state index contributed by atoms with van der Waals surface area (Å²) in [5.74, 6) is -1.84. The summed E-state index contributed by atoms with van der Waals surface area (Å²) in [5, 5.41) is 39.6. The summed E-state index contributed by atoms with van der Waals surface area (Å²) >= 11 is 0. The van der Waals surface area contributed by atoms with Crippen molar-refractivity contribution in [1.29, 1.82) is 0 Å². The highest BCUT2D eigenvalue weighted by Crippen LogP contribution is 2.62. The van der Waals surface area contributed by atoms with Crippen LogP contribution >= 0.6 is 0 Å². The average Bonchev–Trinajstić information content (AvgIpc) is 3.67. The van der Waals surface area contributed by atoms with Gasteiger partial charge in [0.05, 0.1) is 11.6 Å². The molecular weight excluding hydrogens is 690 g/mol. The van der Waals surface area contributed by atoms with Gasteiger partial charge in [0.15, 0.2) is 23.7 Å². The Balaban J connectivity index is 1.30. The molecule has 1 aliphatic heterocycles. The lowest BCUT2D eigenvalue weighted by atomic mass is 9.55. The van der Waals surface area contributed by atoms with Crippen molar-refractivity contribution in [3.8, 4) is 11.5 Å². The van der Waals surface area contributed by atoms with E-state index < -0.39 is 59.3 Å². The topological polar surface area (TPSA) is 161 Å². The van der Waals surface area contributed by atoms with Crippen LogP contribution in [-0.4, -0.2) is 57.8 Å². The molecular formula is C43H41NO10. The Morgan fingerprint density at radius 1 is 0.870 bits per heavy atom. The van der Waals surface area contributed by atoms with E-state index >= 15 is 0 Å². The first-order valence-electron chi connectivity index (χ1n) is 17.6. The third kappa shape index (κ3) is 6.23. The van der Waals surface area contributed by atoms with Crippen molar-refractivity contribution in [3.63, 3.8) is 0 Å². The molecule has 2 bridgehead atoms. The van der Waals surface area contributed by atoms with Crippen molar-refractivity contribution in [2.24, 2.45) is 5.41 Å². The zero-order chi connectivity index (χ0) is 38.4. The molecule has 0 fully saturated rings. The first-order chi connectivity index (χ1) is 25.8. The number of ether oxygens (including phenoxy) is 4. The molecule has 0 aromatic heterocycles. The zero-order valence-electron chi connectivity index (χ0n) is 30.0. The summed E-state index contributed by atoms with van der Waals surface area (Å²) in [6.07, 6.45) is -6.26. The molecule has 0 saturated carbocycles. The Morgan fingerprint density at radius 2 is 1.48 bits per heavy atom. The number of amides is 1. The van der Waals surface area contributed by atoms with Crippen LogP contribution in [0, 0.1) is 5.41 Å². The van der Waals surface area contributed by atoms with E-state index in [1.807, 2.05) is 0 Å². The number of esters is 2. The Labute approximate surface area is 312 Å². The molecule has 7 rings (SSSR count). The summed E-state index contributed by atoms with van der Waals surface area (Å²) < 4.78 is 23.9. The number of hydrogen-bond acceptors (Lipinski definition) is 10. The van der Waals surface area contributed by atoms with Gasteiger partial charge in [-0.2, -0.15) is 0 Å². The number of hydrogen-bond donors (Lipinski definition) is 4. The molecule has 0 saturated heterocycles. The lowest BCUT2D eigenvalue weighted by Gasteiger charge is -2.55. The van der Waals surface area contributed by atoms with Crippen LogP contribution in [0.2, 0.25) is 0 Å². The van der Waals surface area contributed by atoms with Gasteiger partial charge in [0.2, 0.25) is 6.79 Å². The standard InChI is InChI=1S/C43H41NO10/c1-24-31(53-41(49)36(46)34(26-14-8-5-9-15-26)44-39(47)27-16-10-6-11-17-27)22-43(50)38(54-40(48)28-18-12-7-13-19-28)32-29(20-21-30-37(32)52-23-51-30)35(45)25(2)33(24)42(43,3)4/h5-21,31,34-36,38,45-46,50H,2,22-23H2,1,3-4H3,(H,44,47)/t31-,34-,35+,36+,38+,43-/m0/s1. The van der Waals surface area contributed by atoms with Gasteiger partial charge in [-0.1, -0.05) is 93.2 Å². The third-order valence-corrected chi connectivity index (χ3v) is 10.9. The molecule has 4 aromatic carbocycles. The maximum atomic E-state index is 14.0. The molecule has 3 aliphatic rings. The predicted molar refractivity (Wildman–Crippen MR) is 196 cm³/mol. The number of carbonyl (C=O) groups excluding carboxylic acids is 3. The van der Waals surface area contributed by atoms with Gasteiger partial charge in [-0.25, -0.2) is 9.59 Å². The quantitative estimate of drug-likeness (QED) is 0.162. The lowest BCUT2D eigenvalue weighted by molar-refractivity contribution is -0.183. The number of rotatable bonds is 8. The summed E-state index contributed by atoms with van der Waals surface area (Å²) in [4.78, 5) is 41.2. The molecule has 2 aliphatic carbocycles. The Bertz CT molecular complexity index is 2130. The molecule has 54 heavy (non-hydrogen) atoms. The SMILES string of the molecule is C=C1C2=C(C)[C@@H](OC(=O)[C@H](O)[C@@H](NC(=O)c3ccccc3)c3ccccc3)C[C@](O)([C@H](OC(=O)c3ccccc3)c3c(ccc4c3OCO4)[C@@H]1O)C2(C)C. The van der Waals surface area contributed by atoms with Crippen LogP contribution in [0.3, 0.4) is 0 Å². The number of aliphatic hydroxyl groups excluding tert-OH is 2. The number of nitrogens with one attached hydrogen (secondary N) is 1. The van der Waals surface area contributed by atoms with Crippen LogP contribution in [0.4, 0.5) is 0 Å². The number of carbonyl (C=O) groups is 3. The molecule has 278 valence electrons. The molecule has 1 amide bonds. The van der Waals surface area contributed by atoms with Crippen LogP contribution in [-0.2, 0) is 14.3 Å². The highest BCUT2D eigenvalue weighted by molar-refractivity contribution is 5.95. The zero-order valence-corrected chi connectivity index (χ0v) is 30.0. The maximum absolute atomic E-state index is 14.0. The molecule has 4 N–H and O–H groups in total. The summed E-state index contributed by atoms with van der Waals surface area (Å²) in [7, 11) is 0. The van der Waals surface area contributed by atoms with Crippen molar-refractivity contribution >= 4 is 17.8 Å². The maximum Gasteiger partial charge on any atom is 0.338 e. The van der Waals surface area contributed by atoms with E-state index in [-0.39, 0.29) is 35.7 Å². The smallest absolute Gasteiger partial charge is 0.338 e. The molecule has 0 unspecified atom stereocenters. The fourth-order valence-electron chi connectivity index (χ4n) is 7.93. The first kappa shape index (κ1) is 36.6. The van der Waals surface area contributed by atoms with Crippen molar-refractivity contribution in [1.82, 2.24) is 5.32 Å². The van der Waals surface area contributed by atoms with Gasteiger partial charge in [0.1, 0.15) is 17.8 Å². The number of aliphatic hydroxyl groups is 3. The van der Waals surface area contributed by atoms with E-state index in [0.29, 0.717) is 33.6 Å². The predicted octanol–water partition coefficient (Wildman–Crippen LogP) is 5.84. The Morgan fingerprint density at radius 3 is 2.13 bits per heavy atom. The minimum atomic E-state index is -2.04. The molecule has 6 atom stereocenters.